The number of hydrogen-bond acceptors (Lipinski definition) is 1. The smallest absolute Gasteiger partial charge is 0.200 e. The van der Waals surface area contributed by atoms with E-state index < -0.39 is 0 Å². The summed E-state index contributed by atoms with van der Waals surface area (Å²) in [6, 6.07) is 14.6. The third-order valence-electron chi connectivity index (χ3n) is 3.79. The zero-order chi connectivity index (χ0) is 14.8. The van der Waals surface area contributed by atoms with Crippen LogP contribution in [0.25, 0.3) is 11.4 Å². The first kappa shape index (κ1) is 13.4. The maximum absolute atomic E-state index is 4.37. The van der Waals surface area contributed by atoms with Gasteiger partial charge in [0.2, 0.25) is 5.69 Å². The van der Waals surface area contributed by atoms with Crippen molar-refractivity contribution in [2.75, 3.05) is 0 Å². The predicted molar refractivity (Wildman–Crippen MR) is 81.5 cm³/mol. The van der Waals surface area contributed by atoms with Crippen LogP contribution in [0, 0.1) is 20.8 Å². The monoisotopic (exact) mass is 277 g/mol. The second-order valence-electron chi connectivity index (χ2n) is 5.17. The SMILES string of the molecule is Cc1c(-[n+]2ccccc2C)cccc1-[n+]1cccnc1C. The molecule has 1 aromatic carbocycles. The molecule has 0 saturated carbocycles. The van der Waals surface area contributed by atoms with E-state index in [1.165, 1.54) is 16.9 Å². The largest absolute Gasteiger partial charge is 0.300 e. The highest BCUT2D eigenvalue weighted by atomic mass is 15.0. The fourth-order valence-corrected chi connectivity index (χ4v) is 2.63. The Morgan fingerprint density at radius 1 is 0.762 bits per heavy atom. The highest BCUT2D eigenvalue weighted by Crippen LogP contribution is 2.14. The summed E-state index contributed by atoms with van der Waals surface area (Å²) in [7, 11) is 0. The van der Waals surface area contributed by atoms with Crippen molar-refractivity contribution in [1.82, 2.24) is 4.98 Å². The molecule has 2 aromatic heterocycles. The van der Waals surface area contributed by atoms with E-state index in [0.29, 0.717) is 0 Å². The number of benzene rings is 1. The van der Waals surface area contributed by atoms with Gasteiger partial charge in [-0.05, 0) is 13.0 Å². The average Bonchev–Trinajstić information content (AvgIpc) is 2.49. The minimum atomic E-state index is 0.979. The Balaban J connectivity index is 2.21. The first-order valence-corrected chi connectivity index (χ1v) is 7.09. The number of rotatable bonds is 2. The van der Waals surface area contributed by atoms with E-state index in [9.17, 15) is 0 Å². The average molecular weight is 277 g/mol. The molecule has 3 rings (SSSR count). The molecule has 0 saturated heterocycles. The van der Waals surface area contributed by atoms with Crippen molar-refractivity contribution in [3.63, 3.8) is 0 Å². The van der Waals surface area contributed by atoms with E-state index in [0.717, 1.165) is 11.5 Å². The normalized spacial score (nSPS) is 10.6. The number of nitrogens with zero attached hydrogens (tertiary/aromatic N) is 3. The zero-order valence-corrected chi connectivity index (χ0v) is 12.6. The molecule has 0 atom stereocenters. The van der Waals surface area contributed by atoms with Gasteiger partial charge in [0.15, 0.2) is 11.9 Å². The van der Waals surface area contributed by atoms with Gasteiger partial charge < -0.3 is 0 Å². The van der Waals surface area contributed by atoms with Crippen LogP contribution in [0.1, 0.15) is 17.1 Å². The van der Waals surface area contributed by atoms with Crippen LogP contribution in [0.4, 0.5) is 0 Å². The molecule has 0 spiro atoms. The fraction of sp³-hybridized carbons (Fsp3) is 0.167. The minimum Gasteiger partial charge on any atom is -0.200 e. The summed E-state index contributed by atoms with van der Waals surface area (Å²) in [5, 5.41) is 0. The molecule has 0 N–H and O–H groups in total. The van der Waals surface area contributed by atoms with Gasteiger partial charge in [-0.25, -0.2) is 0 Å². The number of aryl methyl sites for hydroxylation is 2. The van der Waals surface area contributed by atoms with Crippen molar-refractivity contribution >= 4 is 0 Å². The van der Waals surface area contributed by atoms with E-state index in [1.54, 1.807) is 0 Å². The van der Waals surface area contributed by atoms with Gasteiger partial charge in [0.25, 0.3) is 5.82 Å². The van der Waals surface area contributed by atoms with Crippen LogP contribution in [-0.2, 0) is 0 Å². The maximum Gasteiger partial charge on any atom is 0.300 e. The second kappa shape index (κ2) is 5.44. The Bertz CT molecular complexity index is 730. The van der Waals surface area contributed by atoms with E-state index in [1.807, 2.05) is 19.2 Å². The Hall–Kier alpha value is -2.55. The van der Waals surface area contributed by atoms with Crippen molar-refractivity contribution in [1.29, 1.82) is 0 Å². The van der Waals surface area contributed by atoms with Crippen LogP contribution in [-0.4, -0.2) is 4.98 Å². The molecule has 104 valence electrons. The number of pyridine rings is 1. The van der Waals surface area contributed by atoms with Crippen LogP contribution in [0.5, 0.6) is 0 Å². The Labute approximate surface area is 125 Å². The highest BCUT2D eigenvalue weighted by molar-refractivity contribution is 5.44. The molecule has 0 aliphatic heterocycles. The third kappa shape index (κ3) is 2.42. The van der Waals surface area contributed by atoms with E-state index in [4.69, 9.17) is 0 Å². The van der Waals surface area contributed by atoms with Crippen molar-refractivity contribution in [2.24, 2.45) is 0 Å². The Morgan fingerprint density at radius 3 is 2.19 bits per heavy atom. The van der Waals surface area contributed by atoms with Crippen LogP contribution < -0.4 is 9.13 Å². The molecule has 0 aliphatic rings. The van der Waals surface area contributed by atoms with Gasteiger partial charge in [0.1, 0.15) is 18.1 Å². The van der Waals surface area contributed by atoms with E-state index >= 15 is 0 Å². The summed E-state index contributed by atoms with van der Waals surface area (Å²) in [5.41, 5.74) is 4.80. The lowest BCUT2D eigenvalue weighted by Crippen LogP contribution is -2.39. The van der Waals surface area contributed by atoms with Crippen LogP contribution in [0.15, 0.2) is 61.1 Å². The Kier molecular flexibility index (Phi) is 3.48. The molecule has 0 amide bonds. The van der Waals surface area contributed by atoms with Crippen LogP contribution in [0.3, 0.4) is 0 Å². The summed E-state index contributed by atoms with van der Waals surface area (Å²) in [5.74, 6) is 0.979. The predicted octanol–water partition coefficient (Wildman–Crippen LogP) is 2.56. The van der Waals surface area contributed by atoms with E-state index in [-0.39, 0.29) is 0 Å². The van der Waals surface area contributed by atoms with Crippen LogP contribution in [0.2, 0.25) is 0 Å². The molecular weight excluding hydrogens is 258 g/mol. The fourth-order valence-electron chi connectivity index (χ4n) is 2.63. The van der Waals surface area contributed by atoms with Gasteiger partial charge in [-0.2, -0.15) is 9.13 Å². The molecule has 21 heavy (non-hydrogen) atoms. The first-order valence-electron chi connectivity index (χ1n) is 7.09. The maximum atomic E-state index is 4.37. The second-order valence-corrected chi connectivity index (χ2v) is 5.17. The molecule has 0 bridgehead atoms. The van der Waals surface area contributed by atoms with Gasteiger partial charge in [-0.3, -0.25) is 0 Å². The van der Waals surface area contributed by atoms with Gasteiger partial charge in [-0.15, -0.1) is 0 Å². The van der Waals surface area contributed by atoms with Crippen molar-refractivity contribution in [3.8, 4) is 11.4 Å². The zero-order valence-electron chi connectivity index (χ0n) is 12.6. The summed E-state index contributed by atoms with van der Waals surface area (Å²) in [4.78, 5) is 4.37. The third-order valence-corrected chi connectivity index (χ3v) is 3.79. The highest BCUT2D eigenvalue weighted by Gasteiger charge is 2.19. The molecule has 3 heteroatoms. The Morgan fingerprint density at radius 2 is 1.48 bits per heavy atom. The molecule has 0 aliphatic carbocycles. The molecule has 0 unspecified atom stereocenters. The molecule has 0 fully saturated rings. The summed E-state index contributed by atoms with van der Waals surface area (Å²) < 4.78 is 4.34. The lowest BCUT2D eigenvalue weighted by Gasteiger charge is -2.07. The van der Waals surface area contributed by atoms with E-state index in [2.05, 4.69) is 76.8 Å². The van der Waals surface area contributed by atoms with Crippen molar-refractivity contribution in [2.45, 2.75) is 20.8 Å². The summed E-state index contributed by atoms with van der Waals surface area (Å²) in [6.07, 6.45) is 5.97. The molecule has 3 nitrogen and oxygen atoms in total. The standard InChI is InChI=1S/C18H19N3/c1-14-8-4-5-12-20(14)17-9-6-10-18(15(17)2)21-13-7-11-19-16(21)3/h4-13H,1-3H3/q+2. The summed E-state index contributed by atoms with van der Waals surface area (Å²) in [6.45, 7) is 6.30. The number of hydrogen-bond donors (Lipinski definition) is 0. The lowest BCUT2D eigenvalue weighted by atomic mass is 10.1. The van der Waals surface area contributed by atoms with Crippen molar-refractivity contribution in [3.05, 3.63) is 78.1 Å². The van der Waals surface area contributed by atoms with Crippen LogP contribution >= 0.6 is 0 Å². The van der Waals surface area contributed by atoms with Gasteiger partial charge in [0.05, 0.1) is 5.56 Å². The van der Waals surface area contributed by atoms with Gasteiger partial charge >= 0.3 is 0 Å². The quantitative estimate of drug-likeness (QED) is 0.659. The van der Waals surface area contributed by atoms with Gasteiger partial charge in [0, 0.05) is 38.1 Å². The topological polar surface area (TPSA) is 20.6 Å². The molecule has 2 heterocycles. The molecular formula is C18H19N3+2. The number of aromatic nitrogens is 3. The minimum absolute atomic E-state index is 0.979. The van der Waals surface area contributed by atoms with Crippen molar-refractivity contribution < 1.29 is 9.13 Å². The summed E-state index contributed by atoms with van der Waals surface area (Å²) >= 11 is 0. The molecule has 3 aromatic rings. The first-order chi connectivity index (χ1) is 10.2. The molecule has 0 radical (unpaired) electrons. The lowest BCUT2D eigenvalue weighted by molar-refractivity contribution is -0.613. The van der Waals surface area contributed by atoms with Gasteiger partial charge in [-0.1, -0.05) is 17.1 Å².